The SMILES string of the molecule is O=C(CCC(O)c1cn[nH]n1)NC1CCN(C(=O)OCc2ccccc2)CC1. The Labute approximate surface area is 163 Å². The van der Waals surface area contributed by atoms with Gasteiger partial charge in [-0.3, -0.25) is 4.79 Å². The van der Waals surface area contributed by atoms with Gasteiger partial charge in [0.25, 0.3) is 0 Å². The maximum absolute atomic E-state index is 12.2. The minimum Gasteiger partial charge on any atom is -0.445 e. The first kappa shape index (κ1) is 19.8. The summed E-state index contributed by atoms with van der Waals surface area (Å²) in [6.45, 7) is 1.34. The molecule has 1 aromatic heterocycles. The third-order valence-electron chi connectivity index (χ3n) is 4.74. The normalized spacial score (nSPS) is 15.8. The van der Waals surface area contributed by atoms with Crippen molar-refractivity contribution in [1.29, 1.82) is 0 Å². The van der Waals surface area contributed by atoms with Crippen LogP contribution in [-0.4, -0.2) is 56.5 Å². The first-order valence-electron chi connectivity index (χ1n) is 9.40. The van der Waals surface area contributed by atoms with E-state index in [2.05, 4.69) is 20.7 Å². The van der Waals surface area contributed by atoms with Crippen LogP contribution in [0.2, 0.25) is 0 Å². The predicted molar refractivity (Wildman–Crippen MR) is 99.9 cm³/mol. The topological polar surface area (TPSA) is 120 Å². The molecule has 1 aromatic carbocycles. The van der Waals surface area contributed by atoms with Gasteiger partial charge in [0.2, 0.25) is 5.91 Å². The van der Waals surface area contributed by atoms with Gasteiger partial charge in [-0.1, -0.05) is 30.3 Å². The van der Waals surface area contributed by atoms with Gasteiger partial charge in [0.15, 0.2) is 0 Å². The third kappa shape index (κ3) is 5.78. The molecule has 2 amide bonds. The highest BCUT2D eigenvalue weighted by molar-refractivity contribution is 5.76. The molecule has 3 N–H and O–H groups in total. The van der Waals surface area contributed by atoms with Crippen LogP contribution in [0.1, 0.15) is 43.0 Å². The fourth-order valence-electron chi connectivity index (χ4n) is 3.10. The molecule has 1 saturated heterocycles. The lowest BCUT2D eigenvalue weighted by Crippen LogP contribution is -2.46. The number of aliphatic hydroxyl groups excluding tert-OH is 1. The van der Waals surface area contributed by atoms with Crippen molar-refractivity contribution in [3.05, 3.63) is 47.8 Å². The summed E-state index contributed by atoms with van der Waals surface area (Å²) in [5.41, 5.74) is 1.38. The number of amides is 2. The Morgan fingerprint density at radius 2 is 2.04 bits per heavy atom. The fourth-order valence-corrected chi connectivity index (χ4v) is 3.10. The standard InChI is InChI=1S/C19H25N5O4/c25-17(16-12-20-23-22-16)6-7-18(26)21-15-8-10-24(11-9-15)19(27)28-13-14-4-2-1-3-5-14/h1-5,12,15,17,25H,6-11,13H2,(H,21,26)(H,20,22,23). The molecule has 1 aliphatic heterocycles. The third-order valence-corrected chi connectivity index (χ3v) is 4.74. The molecule has 0 radical (unpaired) electrons. The van der Waals surface area contributed by atoms with E-state index in [1.165, 1.54) is 6.20 Å². The molecule has 9 heteroatoms. The van der Waals surface area contributed by atoms with E-state index in [1.807, 2.05) is 30.3 Å². The number of aliphatic hydroxyl groups is 1. The van der Waals surface area contributed by atoms with Crippen LogP contribution in [0.5, 0.6) is 0 Å². The number of hydrogen-bond donors (Lipinski definition) is 3. The van der Waals surface area contributed by atoms with Crippen LogP contribution < -0.4 is 5.32 Å². The Hall–Kier alpha value is -2.94. The second-order valence-corrected chi connectivity index (χ2v) is 6.82. The number of likely N-dealkylation sites (tertiary alicyclic amines) is 1. The summed E-state index contributed by atoms with van der Waals surface area (Å²) < 4.78 is 5.34. The molecule has 28 heavy (non-hydrogen) atoms. The molecule has 150 valence electrons. The molecule has 9 nitrogen and oxygen atoms in total. The lowest BCUT2D eigenvalue weighted by molar-refractivity contribution is -0.122. The van der Waals surface area contributed by atoms with Gasteiger partial charge >= 0.3 is 6.09 Å². The van der Waals surface area contributed by atoms with Gasteiger partial charge in [-0.05, 0) is 24.8 Å². The Bertz CT molecular complexity index is 745. The number of nitrogens with one attached hydrogen (secondary N) is 2. The number of carbonyl (C=O) groups is 2. The van der Waals surface area contributed by atoms with Gasteiger partial charge in [-0.2, -0.15) is 15.4 Å². The lowest BCUT2D eigenvalue weighted by atomic mass is 10.0. The zero-order valence-corrected chi connectivity index (χ0v) is 15.6. The van der Waals surface area contributed by atoms with E-state index >= 15 is 0 Å². The van der Waals surface area contributed by atoms with E-state index in [1.54, 1.807) is 4.90 Å². The van der Waals surface area contributed by atoms with Gasteiger partial charge in [-0.15, -0.1) is 0 Å². The number of ether oxygens (including phenoxy) is 1. The van der Waals surface area contributed by atoms with Crippen molar-refractivity contribution < 1.29 is 19.4 Å². The van der Waals surface area contributed by atoms with Crippen LogP contribution in [0, 0.1) is 0 Å². The van der Waals surface area contributed by atoms with Crippen molar-refractivity contribution in [2.75, 3.05) is 13.1 Å². The number of benzene rings is 1. The minimum atomic E-state index is -0.814. The highest BCUT2D eigenvalue weighted by Gasteiger charge is 2.25. The second kappa shape index (κ2) is 9.84. The molecule has 0 aliphatic carbocycles. The highest BCUT2D eigenvalue weighted by atomic mass is 16.6. The van der Waals surface area contributed by atoms with E-state index in [4.69, 9.17) is 4.74 Å². The number of aromatic nitrogens is 3. The molecule has 1 unspecified atom stereocenters. The lowest BCUT2D eigenvalue weighted by Gasteiger charge is -2.31. The maximum Gasteiger partial charge on any atom is 0.410 e. The smallest absolute Gasteiger partial charge is 0.410 e. The molecular weight excluding hydrogens is 362 g/mol. The molecule has 1 atom stereocenters. The number of H-pyrrole nitrogens is 1. The first-order chi connectivity index (χ1) is 13.6. The summed E-state index contributed by atoms with van der Waals surface area (Å²) in [6, 6.07) is 9.57. The predicted octanol–water partition coefficient (Wildman–Crippen LogP) is 1.54. The van der Waals surface area contributed by atoms with Gasteiger partial charge < -0.3 is 20.1 Å². The summed E-state index contributed by atoms with van der Waals surface area (Å²) in [7, 11) is 0. The van der Waals surface area contributed by atoms with Crippen molar-refractivity contribution in [1.82, 2.24) is 25.6 Å². The van der Waals surface area contributed by atoms with Crippen molar-refractivity contribution >= 4 is 12.0 Å². The minimum absolute atomic E-state index is 0.0230. The monoisotopic (exact) mass is 387 g/mol. The summed E-state index contributed by atoms with van der Waals surface area (Å²) in [4.78, 5) is 25.9. The summed E-state index contributed by atoms with van der Waals surface area (Å²) >= 11 is 0. The van der Waals surface area contributed by atoms with Gasteiger partial charge in [0.1, 0.15) is 12.3 Å². The molecule has 3 rings (SSSR count). The van der Waals surface area contributed by atoms with Gasteiger partial charge in [0, 0.05) is 25.6 Å². The average molecular weight is 387 g/mol. The molecule has 2 heterocycles. The first-order valence-corrected chi connectivity index (χ1v) is 9.40. The molecule has 0 spiro atoms. The molecule has 1 fully saturated rings. The highest BCUT2D eigenvalue weighted by Crippen LogP contribution is 2.16. The van der Waals surface area contributed by atoms with E-state index in [0.29, 0.717) is 31.6 Å². The van der Waals surface area contributed by atoms with Crippen LogP contribution in [0.3, 0.4) is 0 Å². The Morgan fingerprint density at radius 3 is 2.71 bits per heavy atom. The Kier molecular flexibility index (Phi) is 6.96. The number of aromatic amines is 1. The zero-order valence-electron chi connectivity index (χ0n) is 15.6. The molecule has 1 aliphatic rings. The second-order valence-electron chi connectivity index (χ2n) is 6.82. The zero-order chi connectivity index (χ0) is 19.8. The molecule has 0 saturated carbocycles. The quantitative estimate of drug-likeness (QED) is 0.663. The van der Waals surface area contributed by atoms with Gasteiger partial charge in [-0.25, -0.2) is 4.79 Å². The largest absolute Gasteiger partial charge is 0.445 e. The van der Waals surface area contributed by atoms with E-state index in [9.17, 15) is 14.7 Å². The van der Waals surface area contributed by atoms with Crippen molar-refractivity contribution in [2.45, 2.75) is 44.4 Å². The number of hydrogen-bond acceptors (Lipinski definition) is 6. The van der Waals surface area contributed by atoms with Crippen LogP contribution in [-0.2, 0) is 16.1 Å². The van der Waals surface area contributed by atoms with Crippen LogP contribution >= 0.6 is 0 Å². The van der Waals surface area contributed by atoms with Gasteiger partial charge in [0.05, 0.1) is 12.3 Å². The van der Waals surface area contributed by atoms with Crippen LogP contribution in [0.25, 0.3) is 0 Å². The fraction of sp³-hybridized carbons (Fsp3) is 0.474. The van der Waals surface area contributed by atoms with Crippen molar-refractivity contribution in [2.24, 2.45) is 0 Å². The number of carbonyl (C=O) groups excluding carboxylic acids is 2. The van der Waals surface area contributed by atoms with E-state index in [-0.39, 0.29) is 37.5 Å². The summed E-state index contributed by atoms with van der Waals surface area (Å²) in [5.74, 6) is -0.118. The number of nitrogens with zero attached hydrogens (tertiary/aromatic N) is 3. The molecule has 2 aromatic rings. The van der Waals surface area contributed by atoms with E-state index < -0.39 is 6.10 Å². The molecular formula is C19H25N5O4. The Balaban J connectivity index is 1.33. The summed E-state index contributed by atoms with van der Waals surface area (Å²) in [6.07, 6.45) is 2.14. The van der Waals surface area contributed by atoms with Crippen LogP contribution in [0.4, 0.5) is 4.79 Å². The Morgan fingerprint density at radius 1 is 1.29 bits per heavy atom. The number of piperidine rings is 1. The van der Waals surface area contributed by atoms with Crippen molar-refractivity contribution in [3.63, 3.8) is 0 Å². The average Bonchev–Trinajstić information content (AvgIpc) is 3.26. The van der Waals surface area contributed by atoms with E-state index in [0.717, 1.165) is 5.56 Å². The van der Waals surface area contributed by atoms with Crippen LogP contribution in [0.15, 0.2) is 36.5 Å². The molecule has 0 bridgehead atoms. The number of rotatable bonds is 7. The summed E-state index contributed by atoms with van der Waals surface area (Å²) in [5, 5.41) is 22.8. The maximum atomic E-state index is 12.2. The van der Waals surface area contributed by atoms with Crippen molar-refractivity contribution in [3.8, 4) is 0 Å².